The number of aliphatic hydroxyl groups is 1. The first-order valence-electron chi connectivity index (χ1n) is 21.4. The summed E-state index contributed by atoms with van der Waals surface area (Å²) in [4.78, 5) is 79.6. The van der Waals surface area contributed by atoms with Crippen LogP contribution in [0.1, 0.15) is 165 Å². The summed E-state index contributed by atoms with van der Waals surface area (Å²) in [5.41, 5.74) is -0.860. The molecular formula is C43H78N4O9S. The third kappa shape index (κ3) is 25.1. The van der Waals surface area contributed by atoms with Gasteiger partial charge < -0.3 is 35.8 Å². The van der Waals surface area contributed by atoms with Crippen LogP contribution in [0.25, 0.3) is 0 Å². The maximum atomic E-state index is 13.9. The van der Waals surface area contributed by atoms with Crippen molar-refractivity contribution in [2.75, 3.05) is 12.4 Å². The van der Waals surface area contributed by atoms with Gasteiger partial charge in [0.2, 0.25) is 17.7 Å². The smallest absolute Gasteiger partial charge is 0.408 e. The van der Waals surface area contributed by atoms with Gasteiger partial charge in [-0.05, 0) is 46.0 Å². The number of aliphatic hydroxyl groups excluding tert-OH is 1. The summed E-state index contributed by atoms with van der Waals surface area (Å²) < 4.78 is 10.5. The normalized spacial score (nSPS) is 15.1. The molecule has 0 aromatic rings. The van der Waals surface area contributed by atoms with E-state index in [4.69, 9.17) is 9.47 Å². The van der Waals surface area contributed by atoms with Crippen molar-refractivity contribution in [1.82, 2.24) is 21.3 Å². The molecule has 330 valence electrons. The van der Waals surface area contributed by atoms with E-state index in [2.05, 4.69) is 34.8 Å². The standard InChI is InChI=1S/C43H78N4O9S/c1-11-15-16-17-18-19-20-21-22-23-24-25-26-27-34(49)57-29-33(38(50)46-36(31(6)14-4)41(53)55-28-12-2)44-39(51)35(30(5)13-3)45-40(52)37(32(7)48)47-42(54)56-43(8,9)10/h12,30-33,35-37,48H,2,11,13-29H2,1,3-10H3,(H,44,51)(H,45,52)(H,46,50)(H,47,54)/t30-,31-,32+,33-,35-,36-,37-/m0/s1. The van der Waals surface area contributed by atoms with Gasteiger partial charge >= 0.3 is 12.1 Å². The van der Waals surface area contributed by atoms with Crippen LogP contribution in [0, 0.1) is 11.8 Å². The number of rotatable bonds is 31. The molecule has 0 unspecified atom stereocenters. The second kappa shape index (κ2) is 30.9. The van der Waals surface area contributed by atoms with Crippen molar-refractivity contribution >= 4 is 46.7 Å². The summed E-state index contributed by atoms with van der Waals surface area (Å²) in [7, 11) is 0. The van der Waals surface area contributed by atoms with Gasteiger partial charge in [-0.3, -0.25) is 19.2 Å². The summed E-state index contributed by atoms with van der Waals surface area (Å²) in [6.07, 6.45) is 15.9. The molecule has 0 aromatic heterocycles. The molecule has 0 aliphatic heterocycles. The first kappa shape index (κ1) is 53.9. The number of amides is 4. The van der Waals surface area contributed by atoms with E-state index in [1.807, 2.05) is 13.8 Å². The fraction of sp³-hybridized carbons (Fsp3) is 0.814. The Balaban J connectivity index is 5.75. The SMILES string of the molecule is C=CCOC(=O)[C@@H](NC(=O)[C@H](CSC(=O)CCCCCCCCCCCCCCC)NC(=O)[C@@H](NC(=O)[C@@H](NC(=O)OC(C)(C)C)[C@@H](C)O)[C@@H](C)CC)[C@@H](C)CC. The fourth-order valence-corrected chi connectivity index (χ4v) is 6.79. The van der Waals surface area contributed by atoms with E-state index in [-0.39, 0.29) is 23.4 Å². The van der Waals surface area contributed by atoms with E-state index in [1.54, 1.807) is 34.6 Å². The molecule has 4 amide bonds. The van der Waals surface area contributed by atoms with Crippen molar-refractivity contribution in [1.29, 1.82) is 0 Å². The summed E-state index contributed by atoms with van der Waals surface area (Å²) in [6.45, 7) is 19.3. The molecule has 14 heteroatoms. The number of thioether (sulfide) groups is 1. The molecule has 57 heavy (non-hydrogen) atoms. The number of esters is 1. The largest absolute Gasteiger partial charge is 0.460 e. The Morgan fingerprint density at radius 2 is 1.14 bits per heavy atom. The highest BCUT2D eigenvalue weighted by Crippen LogP contribution is 2.18. The van der Waals surface area contributed by atoms with Crippen LogP contribution >= 0.6 is 11.8 Å². The van der Waals surface area contributed by atoms with Crippen molar-refractivity contribution in [3.63, 3.8) is 0 Å². The van der Waals surface area contributed by atoms with E-state index in [0.29, 0.717) is 19.3 Å². The predicted molar refractivity (Wildman–Crippen MR) is 228 cm³/mol. The molecule has 0 bridgehead atoms. The molecule has 0 saturated heterocycles. The highest BCUT2D eigenvalue weighted by Gasteiger charge is 2.36. The summed E-state index contributed by atoms with van der Waals surface area (Å²) in [6, 6.07) is -4.92. The maximum absolute atomic E-state index is 13.9. The zero-order chi connectivity index (χ0) is 43.4. The Labute approximate surface area is 348 Å². The van der Waals surface area contributed by atoms with Crippen LogP contribution in [0.4, 0.5) is 4.79 Å². The van der Waals surface area contributed by atoms with Crippen LogP contribution in [-0.2, 0) is 33.4 Å². The molecular weight excluding hydrogens is 749 g/mol. The Kier molecular flexibility index (Phi) is 29.2. The maximum Gasteiger partial charge on any atom is 0.408 e. The molecule has 0 radical (unpaired) electrons. The summed E-state index contributed by atoms with van der Waals surface area (Å²) in [5.74, 6) is -3.75. The second-order valence-electron chi connectivity index (χ2n) is 16.3. The Morgan fingerprint density at radius 3 is 1.61 bits per heavy atom. The topological polar surface area (TPSA) is 189 Å². The lowest BCUT2D eigenvalue weighted by atomic mass is 9.97. The molecule has 13 nitrogen and oxygen atoms in total. The number of hydrogen-bond donors (Lipinski definition) is 5. The van der Waals surface area contributed by atoms with Crippen LogP contribution < -0.4 is 21.3 Å². The van der Waals surface area contributed by atoms with Gasteiger partial charge in [0.05, 0.1) is 6.10 Å². The third-order valence-electron chi connectivity index (χ3n) is 9.87. The minimum Gasteiger partial charge on any atom is -0.460 e. The molecule has 0 rings (SSSR count). The number of alkyl carbamates (subject to hydrolysis) is 1. The van der Waals surface area contributed by atoms with E-state index < -0.39 is 71.6 Å². The quantitative estimate of drug-likeness (QED) is 0.0270. The average Bonchev–Trinajstić information content (AvgIpc) is 3.15. The van der Waals surface area contributed by atoms with E-state index >= 15 is 0 Å². The number of ether oxygens (including phenoxy) is 2. The zero-order valence-electron chi connectivity index (χ0n) is 36.7. The van der Waals surface area contributed by atoms with Gasteiger partial charge in [-0.25, -0.2) is 9.59 Å². The van der Waals surface area contributed by atoms with Crippen molar-refractivity contribution < 1.29 is 43.3 Å². The monoisotopic (exact) mass is 827 g/mol. The number of hydrogen-bond acceptors (Lipinski definition) is 10. The third-order valence-corrected chi connectivity index (χ3v) is 10.9. The van der Waals surface area contributed by atoms with Crippen molar-refractivity contribution in [3.05, 3.63) is 12.7 Å². The van der Waals surface area contributed by atoms with Gasteiger partial charge in [0, 0.05) is 12.2 Å². The number of nitrogens with one attached hydrogen (secondary N) is 4. The van der Waals surface area contributed by atoms with Crippen LogP contribution in [-0.4, -0.2) is 88.2 Å². The van der Waals surface area contributed by atoms with Gasteiger partial charge in [0.15, 0.2) is 5.12 Å². The van der Waals surface area contributed by atoms with E-state index in [1.165, 1.54) is 70.8 Å². The molecule has 0 saturated carbocycles. The van der Waals surface area contributed by atoms with E-state index in [0.717, 1.165) is 37.4 Å². The summed E-state index contributed by atoms with van der Waals surface area (Å²) >= 11 is 0.937. The van der Waals surface area contributed by atoms with Gasteiger partial charge in [0.25, 0.3) is 0 Å². The Morgan fingerprint density at radius 1 is 0.667 bits per heavy atom. The first-order chi connectivity index (χ1) is 26.9. The number of unbranched alkanes of at least 4 members (excludes halogenated alkanes) is 12. The molecule has 7 atom stereocenters. The van der Waals surface area contributed by atoms with Gasteiger partial charge in [-0.15, -0.1) is 0 Å². The van der Waals surface area contributed by atoms with Crippen LogP contribution in [0.2, 0.25) is 0 Å². The Hall–Kier alpha value is -3.13. The second-order valence-corrected chi connectivity index (χ2v) is 17.3. The molecule has 0 aliphatic carbocycles. The molecule has 0 heterocycles. The zero-order valence-corrected chi connectivity index (χ0v) is 37.5. The van der Waals surface area contributed by atoms with E-state index in [9.17, 15) is 33.9 Å². The lowest BCUT2D eigenvalue weighted by molar-refractivity contribution is -0.148. The molecule has 0 aliphatic rings. The minimum absolute atomic E-state index is 0.0438. The summed E-state index contributed by atoms with van der Waals surface area (Å²) in [5, 5.41) is 20.7. The van der Waals surface area contributed by atoms with Crippen LogP contribution in [0.5, 0.6) is 0 Å². The molecule has 0 aromatic carbocycles. The first-order valence-corrected chi connectivity index (χ1v) is 22.4. The highest BCUT2D eigenvalue weighted by atomic mass is 32.2. The highest BCUT2D eigenvalue weighted by molar-refractivity contribution is 8.13. The number of carbonyl (C=O) groups is 6. The van der Waals surface area contributed by atoms with Gasteiger partial charge in [0.1, 0.15) is 36.4 Å². The predicted octanol–water partition coefficient (Wildman–Crippen LogP) is 7.28. The molecule has 0 spiro atoms. The lowest BCUT2D eigenvalue weighted by Gasteiger charge is -2.30. The molecule has 5 N–H and O–H groups in total. The fourth-order valence-electron chi connectivity index (χ4n) is 5.92. The van der Waals surface area contributed by atoms with Gasteiger partial charge in [-0.1, -0.05) is 149 Å². The minimum atomic E-state index is -1.45. The number of carbonyl (C=O) groups excluding carboxylic acids is 6. The van der Waals surface area contributed by atoms with Crippen molar-refractivity contribution in [2.45, 2.75) is 201 Å². The van der Waals surface area contributed by atoms with Crippen molar-refractivity contribution in [2.24, 2.45) is 11.8 Å². The van der Waals surface area contributed by atoms with Crippen molar-refractivity contribution in [3.8, 4) is 0 Å². The van der Waals surface area contributed by atoms with Gasteiger partial charge in [-0.2, -0.15) is 0 Å². The lowest BCUT2D eigenvalue weighted by Crippen LogP contribution is -2.61. The average molecular weight is 827 g/mol. The molecule has 0 fully saturated rings. The van der Waals surface area contributed by atoms with Crippen LogP contribution in [0.3, 0.4) is 0 Å². The van der Waals surface area contributed by atoms with Crippen LogP contribution in [0.15, 0.2) is 12.7 Å². The Bertz CT molecular complexity index is 1210.